The van der Waals surface area contributed by atoms with Crippen molar-refractivity contribution in [3.63, 3.8) is 0 Å². The predicted octanol–water partition coefficient (Wildman–Crippen LogP) is -6.14. The summed E-state index contributed by atoms with van der Waals surface area (Å²) in [7, 11) is 0. The van der Waals surface area contributed by atoms with Gasteiger partial charge in [0.2, 0.25) is 5.91 Å². The molecule has 0 aromatic heterocycles. The van der Waals surface area contributed by atoms with Gasteiger partial charge in [0.05, 0.1) is 5.97 Å². The van der Waals surface area contributed by atoms with Crippen molar-refractivity contribution in [1.29, 1.82) is 0 Å². The van der Waals surface area contributed by atoms with E-state index < -0.39 is 29.9 Å². The molecule has 10 heteroatoms. The molecule has 0 aliphatic heterocycles. The number of carboxylic acids is 2. The van der Waals surface area contributed by atoms with Gasteiger partial charge in [-0.1, -0.05) is 6.42 Å². The molecular formula is C11H23N4NaO5. The van der Waals surface area contributed by atoms with Gasteiger partial charge >= 0.3 is 35.5 Å². The van der Waals surface area contributed by atoms with Gasteiger partial charge < -0.3 is 37.9 Å². The molecule has 0 aromatic carbocycles. The third-order valence-corrected chi connectivity index (χ3v) is 2.29. The van der Waals surface area contributed by atoms with Crippen molar-refractivity contribution < 1.29 is 54.2 Å². The summed E-state index contributed by atoms with van der Waals surface area (Å²) in [6.45, 7) is 0.583. The molecule has 118 valence electrons. The number of carbonyl (C=O) groups excluding carboxylic acids is 2. The van der Waals surface area contributed by atoms with Crippen LogP contribution in [0, 0.1) is 0 Å². The number of unbranched alkanes of at least 4 members (excludes halogenated alkanes) is 1. The summed E-state index contributed by atoms with van der Waals surface area (Å²) < 4.78 is 0. The molecular weight excluding hydrogens is 291 g/mol. The van der Waals surface area contributed by atoms with Crippen molar-refractivity contribution >= 4 is 17.8 Å². The third-order valence-electron chi connectivity index (χ3n) is 2.29. The Bertz CT molecular complexity index is 317. The van der Waals surface area contributed by atoms with Gasteiger partial charge in [-0.2, -0.15) is 0 Å². The smallest absolute Gasteiger partial charge is 0.548 e. The van der Waals surface area contributed by atoms with E-state index in [1.165, 1.54) is 0 Å². The number of hydrogen-bond donors (Lipinski definition) is 5. The Morgan fingerprint density at radius 1 is 1.05 bits per heavy atom. The third kappa shape index (κ3) is 19.3. The van der Waals surface area contributed by atoms with Crippen LogP contribution in [0.5, 0.6) is 0 Å². The quantitative estimate of drug-likeness (QED) is 0.204. The van der Waals surface area contributed by atoms with Crippen molar-refractivity contribution in [2.24, 2.45) is 22.9 Å². The van der Waals surface area contributed by atoms with Gasteiger partial charge in [0, 0.05) is 12.5 Å². The van der Waals surface area contributed by atoms with Crippen LogP contribution >= 0.6 is 0 Å². The minimum atomic E-state index is -1.18. The van der Waals surface area contributed by atoms with Crippen molar-refractivity contribution in [1.82, 2.24) is 0 Å². The van der Waals surface area contributed by atoms with Crippen LogP contribution in [-0.4, -0.2) is 41.6 Å². The maximum absolute atomic E-state index is 10.1. The number of amides is 1. The minimum absolute atomic E-state index is 0. The Balaban J connectivity index is -0.000000295. The zero-order valence-electron chi connectivity index (χ0n) is 12.3. The number of carbonyl (C=O) groups is 3. The van der Waals surface area contributed by atoms with Gasteiger partial charge in [-0.25, -0.2) is 0 Å². The normalized spacial score (nSPS) is 12.1. The van der Waals surface area contributed by atoms with E-state index >= 15 is 0 Å². The summed E-state index contributed by atoms with van der Waals surface area (Å²) in [5.74, 6) is -2.82. The van der Waals surface area contributed by atoms with Crippen molar-refractivity contribution in [2.45, 2.75) is 44.2 Å². The van der Waals surface area contributed by atoms with Crippen molar-refractivity contribution in [3.8, 4) is 0 Å². The largest absolute Gasteiger partial charge is 1.00 e. The van der Waals surface area contributed by atoms with Gasteiger partial charge in [0.1, 0.15) is 6.04 Å². The van der Waals surface area contributed by atoms with Gasteiger partial charge in [-0.3, -0.25) is 9.59 Å². The average Bonchev–Trinajstić information content (AvgIpc) is 2.36. The Hall–Kier alpha value is -0.710. The first-order valence-electron chi connectivity index (χ1n) is 6.15. The van der Waals surface area contributed by atoms with E-state index in [1.807, 2.05) is 0 Å². The fourth-order valence-corrected chi connectivity index (χ4v) is 1.05. The summed E-state index contributed by atoms with van der Waals surface area (Å²) in [6.07, 6.45) is 2.16. The Kier molecular flexibility index (Phi) is 18.9. The summed E-state index contributed by atoms with van der Waals surface area (Å²) in [5.41, 5.74) is 20.2. The predicted molar refractivity (Wildman–Crippen MR) is 69.9 cm³/mol. The number of carboxylic acid groups (broad SMARTS) is 2. The van der Waals surface area contributed by atoms with Crippen LogP contribution in [-0.2, 0) is 14.4 Å². The molecule has 0 bridgehead atoms. The molecule has 0 aliphatic rings. The number of aliphatic carboxylic acids is 2. The van der Waals surface area contributed by atoms with Crippen LogP contribution in [0.25, 0.3) is 0 Å². The minimum Gasteiger partial charge on any atom is -0.548 e. The molecule has 0 aliphatic carbocycles. The average molecular weight is 314 g/mol. The van der Waals surface area contributed by atoms with Crippen LogP contribution in [0.15, 0.2) is 0 Å². The number of hydrogen-bond acceptors (Lipinski definition) is 7. The van der Waals surface area contributed by atoms with E-state index in [2.05, 4.69) is 0 Å². The Morgan fingerprint density at radius 2 is 1.57 bits per heavy atom. The van der Waals surface area contributed by atoms with Crippen molar-refractivity contribution in [3.05, 3.63) is 0 Å². The van der Waals surface area contributed by atoms with E-state index in [1.54, 1.807) is 0 Å². The van der Waals surface area contributed by atoms with Crippen molar-refractivity contribution in [2.75, 3.05) is 6.54 Å². The first-order valence-corrected chi connectivity index (χ1v) is 6.15. The molecule has 0 saturated carbocycles. The van der Waals surface area contributed by atoms with Crippen LogP contribution in [0.3, 0.4) is 0 Å². The van der Waals surface area contributed by atoms with Gasteiger partial charge in [0.15, 0.2) is 0 Å². The van der Waals surface area contributed by atoms with E-state index in [0.717, 1.165) is 12.8 Å². The van der Waals surface area contributed by atoms with Gasteiger partial charge in [0.25, 0.3) is 0 Å². The maximum Gasteiger partial charge on any atom is 1.00 e. The number of primary amides is 1. The molecule has 0 heterocycles. The number of rotatable bonds is 9. The molecule has 0 rings (SSSR count). The second-order valence-electron chi connectivity index (χ2n) is 4.16. The van der Waals surface area contributed by atoms with E-state index in [4.69, 9.17) is 28.0 Å². The molecule has 0 aromatic rings. The summed E-state index contributed by atoms with van der Waals surface area (Å²) >= 11 is 0. The zero-order chi connectivity index (χ0) is 16.1. The van der Waals surface area contributed by atoms with Gasteiger partial charge in [-0.15, -0.1) is 0 Å². The fourth-order valence-electron chi connectivity index (χ4n) is 1.05. The Morgan fingerprint density at radius 3 is 1.90 bits per heavy atom. The summed E-state index contributed by atoms with van der Waals surface area (Å²) in [6, 6.07) is -1.81. The molecule has 21 heavy (non-hydrogen) atoms. The second-order valence-corrected chi connectivity index (χ2v) is 4.16. The summed E-state index contributed by atoms with van der Waals surface area (Å²) in [4.78, 5) is 30.2. The van der Waals surface area contributed by atoms with E-state index in [-0.39, 0.29) is 42.4 Å². The standard InChI is InChI=1S/C6H14N2O2.C5H10N2O3.Na/c7-4-2-1-3-5(8)6(9)10;6-3(5(9)10)1-2-4(7)8;/h5H,1-4,7-8H2,(H,9,10);3H,1-2,6H2,(H2,7,8)(H,9,10);/q;;+1/p-1. The molecule has 0 radical (unpaired) electrons. The molecule has 9 N–H and O–H groups in total. The number of nitrogens with two attached hydrogens (primary N) is 4. The van der Waals surface area contributed by atoms with Crippen LogP contribution in [0.4, 0.5) is 0 Å². The maximum atomic E-state index is 10.1. The molecule has 2 unspecified atom stereocenters. The van der Waals surface area contributed by atoms with Crippen LogP contribution in [0.1, 0.15) is 32.1 Å². The molecule has 9 nitrogen and oxygen atoms in total. The van der Waals surface area contributed by atoms with Gasteiger partial charge in [-0.05, 0) is 25.8 Å². The monoisotopic (exact) mass is 314 g/mol. The Labute approximate surface area is 145 Å². The molecule has 0 fully saturated rings. The van der Waals surface area contributed by atoms with Crippen LogP contribution < -0.4 is 57.6 Å². The van der Waals surface area contributed by atoms with Crippen LogP contribution in [0.2, 0.25) is 0 Å². The summed E-state index contributed by atoms with van der Waals surface area (Å²) in [5, 5.41) is 18.2. The van der Waals surface area contributed by atoms with E-state index in [0.29, 0.717) is 13.0 Å². The zero-order valence-corrected chi connectivity index (χ0v) is 14.3. The van der Waals surface area contributed by atoms with E-state index in [9.17, 15) is 19.5 Å². The molecule has 1 amide bonds. The molecule has 0 spiro atoms. The fraction of sp³-hybridized carbons (Fsp3) is 0.727. The molecule has 0 saturated heterocycles. The molecule has 2 atom stereocenters. The first kappa shape index (κ1) is 25.3. The topological polar surface area (TPSA) is 199 Å². The SMILES string of the molecule is NC(=O)CCC(N)C(=O)O.NCCCCC(N)C(=O)[O-].[Na+]. The first-order chi connectivity index (χ1) is 9.22. The second kappa shape index (κ2) is 15.7.